The number of nitrogens with two attached hydrogens (primary N) is 1. The molecule has 3 N–H and O–H groups in total. The van der Waals surface area contributed by atoms with Gasteiger partial charge in [-0.2, -0.15) is 0 Å². The van der Waals surface area contributed by atoms with Crippen molar-refractivity contribution >= 4 is 5.97 Å². The van der Waals surface area contributed by atoms with Crippen LogP contribution in [0.3, 0.4) is 0 Å². The Labute approximate surface area is 87.5 Å². The summed E-state index contributed by atoms with van der Waals surface area (Å²) in [5, 5.41) is 8.42. The highest BCUT2D eigenvalue weighted by atomic mass is 19.2. The van der Waals surface area contributed by atoms with Crippen LogP contribution in [0, 0.1) is 23.3 Å². The Bertz CT molecular complexity index is 436. The lowest BCUT2D eigenvalue weighted by Gasteiger charge is -2.08. The lowest BCUT2D eigenvalue weighted by atomic mass is 10.1. The molecule has 0 spiro atoms. The fraction of sp³-hybridized carbons (Fsp3) is 0.222. The molecule has 0 aliphatic heterocycles. The molecule has 88 valence electrons. The van der Waals surface area contributed by atoms with Crippen molar-refractivity contribution in [1.82, 2.24) is 0 Å². The average molecular weight is 237 g/mol. The highest BCUT2D eigenvalue weighted by molar-refractivity contribution is 5.73. The minimum absolute atomic E-state index is 0.385. The van der Waals surface area contributed by atoms with Crippen LogP contribution >= 0.6 is 0 Å². The Balaban J connectivity index is 3.11. The van der Waals surface area contributed by atoms with Gasteiger partial charge in [0.2, 0.25) is 0 Å². The highest BCUT2D eigenvalue weighted by Gasteiger charge is 2.22. The van der Waals surface area contributed by atoms with Gasteiger partial charge in [-0.05, 0) is 11.6 Å². The monoisotopic (exact) mass is 237 g/mol. The first kappa shape index (κ1) is 12.4. The second-order valence-corrected chi connectivity index (χ2v) is 3.11. The Morgan fingerprint density at radius 3 is 2.31 bits per heavy atom. The van der Waals surface area contributed by atoms with E-state index in [0.29, 0.717) is 6.07 Å². The van der Waals surface area contributed by atoms with Crippen LogP contribution in [-0.2, 0) is 11.2 Å². The summed E-state index contributed by atoms with van der Waals surface area (Å²) in [6.45, 7) is 0. The third-order valence-corrected chi connectivity index (χ3v) is 1.93. The van der Waals surface area contributed by atoms with E-state index in [-0.39, 0.29) is 0 Å². The van der Waals surface area contributed by atoms with E-state index in [9.17, 15) is 22.4 Å². The van der Waals surface area contributed by atoms with Gasteiger partial charge >= 0.3 is 5.97 Å². The predicted molar refractivity (Wildman–Crippen MR) is 45.6 cm³/mol. The molecule has 0 unspecified atom stereocenters. The van der Waals surface area contributed by atoms with E-state index >= 15 is 0 Å². The van der Waals surface area contributed by atoms with Gasteiger partial charge in [0.05, 0.1) is 0 Å². The summed E-state index contributed by atoms with van der Waals surface area (Å²) in [6, 6.07) is -1.13. The quantitative estimate of drug-likeness (QED) is 0.471. The number of rotatable bonds is 3. The lowest BCUT2D eigenvalue weighted by Crippen LogP contribution is -2.32. The van der Waals surface area contributed by atoms with Gasteiger partial charge < -0.3 is 10.8 Å². The summed E-state index contributed by atoms with van der Waals surface area (Å²) in [4.78, 5) is 10.3. The van der Waals surface area contributed by atoms with Crippen molar-refractivity contribution in [2.24, 2.45) is 5.73 Å². The summed E-state index contributed by atoms with van der Waals surface area (Å²) >= 11 is 0. The van der Waals surface area contributed by atoms with Gasteiger partial charge in [-0.15, -0.1) is 0 Å². The van der Waals surface area contributed by atoms with Gasteiger partial charge in [-0.3, -0.25) is 4.79 Å². The summed E-state index contributed by atoms with van der Waals surface area (Å²) in [5.74, 6) is -8.59. The lowest BCUT2D eigenvalue weighted by molar-refractivity contribution is -0.138. The third-order valence-electron chi connectivity index (χ3n) is 1.93. The van der Waals surface area contributed by atoms with E-state index in [2.05, 4.69) is 0 Å². The fourth-order valence-corrected chi connectivity index (χ4v) is 1.09. The van der Waals surface area contributed by atoms with Crippen molar-refractivity contribution < 1.29 is 27.5 Å². The van der Waals surface area contributed by atoms with Crippen molar-refractivity contribution in [2.75, 3.05) is 0 Å². The van der Waals surface area contributed by atoms with Crippen LogP contribution in [0.15, 0.2) is 6.07 Å². The number of carboxylic acids is 1. The molecule has 3 nitrogen and oxygen atoms in total. The molecule has 7 heteroatoms. The van der Waals surface area contributed by atoms with Crippen molar-refractivity contribution in [3.8, 4) is 0 Å². The second kappa shape index (κ2) is 4.48. The number of aliphatic carboxylic acids is 1. The van der Waals surface area contributed by atoms with E-state index in [1.807, 2.05) is 0 Å². The van der Waals surface area contributed by atoms with Gasteiger partial charge in [0.15, 0.2) is 23.3 Å². The molecule has 1 aromatic carbocycles. The summed E-state index contributed by atoms with van der Waals surface area (Å²) in [7, 11) is 0. The summed E-state index contributed by atoms with van der Waals surface area (Å²) < 4.78 is 51.0. The normalized spacial score (nSPS) is 12.6. The molecule has 0 saturated carbocycles. The number of carbonyl (C=O) groups is 1. The second-order valence-electron chi connectivity index (χ2n) is 3.11. The maximum Gasteiger partial charge on any atom is 0.320 e. The van der Waals surface area contributed by atoms with Crippen molar-refractivity contribution in [3.05, 3.63) is 34.9 Å². The van der Waals surface area contributed by atoms with E-state index in [1.54, 1.807) is 0 Å². The first-order chi connectivity index (χ1) is 7.34. The van der Waals surface area contributed by atoms with Crippen LogP contribution < -0.4 is 5.73 Å². The van der Waals surface area contributed by atoms with Crippen LogP contribution in [0.5, 0.6) is 0 Å². The maximum atomic E-state index is 13.0. The number of hydrogen-bond donors (Lipinski definition) is 2. The zero-order chi connectivity index (χ0) is 12.5. The van der Waals surface area contributed by atoms with E-state index < -0.39 is 47.3 Å². The molecule has 0 bridgehead atoms. The smallest absolute Gasteiger partial charge is 0.320 e. The molecule has 1 rings (SSSR count). The molecular weight excluding hydrogens is 230 g/mol. The number of hydrogen-bond acceptors (Lipinski definition) is 2. The van der Waals surface area contributed by atoms with E-state index in [1.165, 1.54) is 0 Å². The van der Waals surface area contributed by atoms with Crippen LogP contribution in [0.1, 0.15) is 5.56 Å². The Hall–Kier alpha value is -1.63. The maximum absolute atomic E-state index is 13.0. The van der Waals surface area contributed by atoms with Gasteiger partial charge in [-0.25, -0.2) is 17.6 Å². The van der Waals surface area contributed by atoms with Gasteiger partial charge in [0.25, 0.3) is 0 Å². The molecular formula is C9H7F4NO2. The minimum atomic E-state index is -1.98. The Morgan fingerprint density at radius 2 is 1.81 bits per heavy atom. The number of carboxylic acid groups (broad SMARTS) is 1. The van der Waals surface area contributed by atoms with Gasteiger partial charge in [0.1, 0.15) is 6.04 Å². The fourth-order valence-electron chi connectivity index (χ4n) is 1.09. The summed E-state index contributed by atoms with van der Waals surface area (Å²) in [6.07, 6.45) is -0.630. The Morgan fingerprint density at radius 1 is 1.25 bits per heavy atom. The molecule has 0 heterocycles. The molecule has 0 aliphatic carbocycles. The molecule has 0 radical (unpaired) electrons. The first-order valence-corrected chi connectivity index (χ1v) is 4.14. The molecule has 0 fully saturated rings. The number of benzene rings is 1. The van der Waals surface area contributed by atoms with E-state index in [0.717, 1.165) is 0 Å². The standard InChI is InChI=1S/C9H7F4NO2/c10-4-1-3(2-5(14)9(15)16)6(11)8(13)7(4)12/h1,5H,2,14H2,(H,15,16)/t5-/m1/s1. The summed E-state index contributed by atoms with van der Waals surface area (Å²) in [5.41, 5.74) is 4.43. The minimum Gasteiger partial charge on any atom is -0.480 e. The van der Waals surface area contributed by atoms with Crippen LogP contribution in [0.25, 0.3) is 0 Å². The van der Waals surface area contributed by atoms with Crippen LogP contribution in [-0.4, -0.2) is 17.1 Å². The van der Waals surface area contributed by atoms with Crippen LogP contribution in [0.4, 0.5) is 17.6 Å². The third kappa shape index (κ3) is 2.30. The zero-order valence-electron chi connectivity index (χ0n) is 7.81. The molecule has 1 aromatic rings. The van der Waals surface area contributed by atoms with Crippen molar-refractivity contribution in [1.29, 1.82) is 0 Å². The van der Waals surface area contributed by atoms with Crippen molar-refractivity contribution in [3.63, 3.8) is 0 Å². The van der Waals surface area contributed by atoms with Gasteiger partial charge in [0, 0.05) is 6.42 Å². The topological polar surface area (TPSA) is 63.3 Å². The zero-order valence-corrected chi connectivity index (χ0v) is 7.81. The molecule has 16 heavy (non-hydrogen) atoms. The molecule has 0 saturated heterocycles. The molecule has 0 aromatic heterocycles. The van der Waals surface area contributed by atoms with Gasteiger partial charge in [-0.1, -0.05) is 0 Å². The van der Waals surface area contributed by atoms with Crippen molar-refractivity contribution in [2.45, 2.75) is 12.5 Å². The predicted octanol–water partition coefficient (Wildman–Crippen LogP) is 1.20. The molecule has 0 amide bonds. The van der Waals surface area contributed by atoms with E-state index in [4.69, 9.17) is 10.8 Å². The Kier molecular flexibility index (Phi) is 3.48. The largest absolute Gasteiger partial charge is 0.480 e. The highest BCUT2D eigenvalue weighted by Crippen LogP contribution is 2.19. The van der Waals surface area contributed by atoms with Crippen LogP contribution in [0.2, 0.25) is 0 Å². The molecule has 0 aliphatic rings. The average Bonchev–Trinajstić information content (AvgIpc) is 2.22. The first-order valence-electron chi connectivity index (χ1n) is 4.14. The SMILES string of the molecule is N[C@H](Cc1cc(F)c(F)c(F)c1F)C(=O)O. The molecule has 1 atom stereocenters. The number of halogens is 4.